The zero-order chi connectivity index (χ0) is 20.9. The van der Waals surface area contributed by atoms with Crippen LogP contribution in [0.25, 0.3) is 0 Å². The molecule has 12 heteroatoms. The Hall–Kier alpha value is -3.70. The maximum atomic E-state index is 12.0. The van der Waals surface area contributed by atoms with Gasteiger partial charge in [-0.3, -0.25) is 4.79 Å². The number of aromatic nitrogens is 2. The SMILES string of the molecule is O=C(O)CCCCCC(On1c(O)ccc1O)(On1c(O)ccc1O)C(=O)O. The average molecular weight is 400 g/mol. The van der Waals surface area contributed by atoms with Gasteiger partial charge in [0.2, 0.25) is 23.5 Å². The molecule has 0 aliphatic carbocycles. The van der Waals surface area contributed by atoms with E-state index in [0.717, 1.165) is 24.3 Å². The molecule has 2 rings (SSSR count). The Morgan fingerprint density at radius 1 is 0.786 bits per heavy atom. The predicted molar refractivity (Wildman–Crippen MR) is 89.8 cm³/mol. The van der Waals surface area contributed by atoms with Gasteiger partial charge in [-0.05, 0) is 12.8 Å². The summed E-state index contributed by atoms with van der Waals surface area (Å²) in [4.78, 5) is 33.0. The summed E-state index contributed by atoms with van der Waals surface area (Å²) in [6, 6.07) is 4.16. The van der Waals surface area contributed by atoms with E-state index in [1.807, 2.05) is 0 Å². The summed E-state index contributed by atoms with van der Waals surface area (Å²) in [6.45, 7) is 0. The Morgan fingerprint density at radius 3 is 1.57 bits per heavy atom. The molecule has 28 heavy (non-hydrogen) atoms. The van der Waals surface area contributed by atoms with Crippen molar-refractivity contribution in [2.45, 2.75) is 37.9 Å². The highest BCUT2D eigenvalue weighted by atomic mass is 16.9. The summed E-state index contributed by atoms with van der Waals surface area (Å²) in [6.07, 6.45) is 0.202. The number of unbranched alkanes of at least 4 members (excludes halogenated alkanes) is 2. The highest BCUT2D eigenvalue weighted by Gasteiger charge is 2.47. The summed E-state index contributed by atoms with van der Waals surface area (Å²) in [5.74, 6) is -7.79. The molecule has 0 aliphatic heterocycles. The predicted octanol–water partition coefficient (Wildman–Crippen LogP) is 0.485. The van der Waals surface area contributed by atoms with Crippen molar-refractivity contribution in [1.29, 1.82) is 0 Å². The van der Waals surface area contributed by atoms with Crippen LogP contribution in [0.1, 0.15) is 32.1 Å². The minimum atomic E-state index is -2.59. The van der Waals surface area contributed by atoms with Crippen LogP contribution >= 0.6 is 0 Å². The van der Waals surface area contributed by atoms with Crippen molar-refractivity contribution in [2.75, 3.05) is 0 Å². The fourth-order valence-corrected chi connectivity index (χ4v) is 2.39. The maximum Gasteiger partial charge on any atom is 0.394 e. The molecule has 154 valence electrons. The Kier molecular flexibility index (Phi) is 6.13. The van der Waals surface area contributed by atoms with Gasteiger partial charge >= 0.3 is 17.7 Å². The highest BCUT2D eigenvalue weighted by molar-refractivity contribution is 5.75. The first-order valence-electron chi connectivity index (χ1n) is 8.20. The van der Waals surface area contributed by atoms with Crippen molar-refractivity contribution < 1.29 is 49.9 Å². The minimum Gasteiger partial charge on any atom is -0.492 e. The summed E-state index contributed by atoms with van der Waals surface area (Å²) in [5.41, 5.74) is 0. The fraction of sp³-hybridized carbons (Fsp3) is 0.375. The molecule has 0 spiro atoms. The molecule has 12 nitrogen and oxygen atoms in total. The van der Waals surface area contributed by atoms with Crippen molar-refractivity contribution in [3.63, 3.8) is 0 Å². The Balaban J connectivity index is 2.30. The first-order chi connectivity index (χ1) is 13.2. The molecule has 6 N–H and O–H groups in total. The topological polar surface area (TPSA) is 184 Å². The molecule has 0 bridgehead atoms. The van der Waals surface area contributed by atoms with Crippen LogP contribution < -0.4 is 9.68 Å². The second-order valence-electron chi connectivity index (χ2n) is 5.88. The third kappa shape index (κ3) is 4.52. The molecule has 2 aromatic rings. The van der Waals surface area contributed by atoms with E-state index in [1.165, 1.54) is 0 Å². The lowest BCUT2D eigenvalue weighted by atomic mass is 10.1. The van der Waals surface area contributed by atoms with Crippen LogP contribution in [0.4, 0.5) is 0 Å². The molecule has 0 aliphatic rings. The van der Waals surface area contributed by atoms with E-state index >= 15 is 0 Å². The molecular weight excluding hydrogens is 380 g/mol. The smallest absolute Gasteiger partial charge is 0.394 e. The van der Waals surface area contributed by atoms with E-state index in [-0.39, 0.29) is 25.7 Å². The molecule has 2 heterocycles. The van der Waals surface area contributed by atoms with E-state index in [4.69, 9.17) is 14.8 Å². The van der Waals surface area contributed by atoms with Crippen molar-refractivity contribution in [3.8, 4) is 23.5 Å². The van der Waals surface area contributed by atoms with Crippen LogP contribution in [0, 0.1) is 0 Å². The molecule has 0 saturated carbocycles. The fourth-order valence-electron chi connectivity index (χ4n) is 2.39. The van der Waals surface area contributed by atoms with Gasteiger partial charge in [0.25, 0.3) is 0 Å². The van der Waals surface area contributed by atoms with Crippen LogP contribution in [-0.4, -0.2) is 57.8 Å². The second-order valence-corrected chi connectivity index (χ2v) is 5.88. The number of carboxylic acid groups (broad SMARTS) is 2. The third-order valence-electron chi connectivity index (χ3n) is 3.80. The van der Waals surface area contributed by atoms with E-state index in [0.29, 0.717) is 15.9 Å². The first kappa shape index (κ1) is 20.6. The lowest BCUT2D eigenvalue weighted by Crippen LogP contribution is -2.55. The zero-order valence-electron chi connectivity index (χ0n) is 14.6. The van der Waals surface area contributed by atoms with E-state index < -0.39 is 41.2 Å². The highest BCUT2D eigenvalue weighted by Crippen LogP contribution is 2.28. The van der Waals surface area contributed by atoms with Gasteiger partial charge < -0.3 is 40.3 Å². The number of aliphatic carboxylic acids is 2. The standard InChI is InChI=1S/C16H20N2O10/c19-10-5-6-11(20)17(10)27-16(15(25)26,9-3-1-2-4-14(23)24)28-18-12(21)7-8-13(18)22/h5-8,19-22H,1-4,9H2,(H,23,24)(H,25,26). The molecule has 0 fully saturated rings. The average Bonchev–Trinajstić information content (AvgIpc) is 3.10. The van der Waals surface area contributed by atoms with E-state index in [1.54, 1.807) is 0 Å². The van der Waals surface area contributed by atoms with Crippen molar-refractivity contribution in [2.24, 2.45) is 0 Å². The van der Waals surface area contributed by atoms with E-state index in [2.05, 4.69) is 0 Å². The van der Waals surface area contributed by atoms with Gasteiger partial charge in [0.1, 0.15) is 0 Å². The number of carboxylic acids is 2. The number of hydrogen-bond donors (Lipinski definition) is 6. The Labute approximate surface area is 157 Å². The van der Waals surface area contributed by atoms with Crippen LogP contribution in [-0.2, 0) is 9.59 Å². The van der Waals surface area contributed by atoms with Gasteiger partial charge in [-0.25, -0.2) is 4.79 Å². The number of rotatable bonds is 11. The molecule has 0 unspecified atom stereocenters. The Morgan fingerprint density at radius 2 is 1.21 bits per heavy atom. The monoisotopic (exact) mass is 400 g/mol. The number of hydrogen-bond acceptors (Lipinski definition) is 8. The van der Waals surface area contributed by atoms with Gasteiger partial charge in [0, 0.05) is 37.1 Å². The normalized spacial score (nSPS) is 11.3. The minimum absolute atomic E-state index is 0.111. The molecular formula is C16H20N2O10. The zero-order valence-corrected chi connectivity index (χ0v) is 14.6. The van der Waals surface area contributed by atoms with Gasteiger partial charge in [-0.15, -0.1) is 9.46 Å². The van der Waals surface area contributed by atoms with Crippen LogP contribution in [0.2, 0.25) is 0 Å². The van der Waals surface area contributed by atoms with Crippen LogP contribution in [0.3, 0.4) is 0 Å². The van der Waals surface area contributed by atoms with Crippen molar-refractivity contribution in [3.05, 3.63) is 24.3 Å². The van der Waals surface area contributed by atoms with Gasteiger partial charge in [-0.2, -0.15) is 0 Å². The molecule has 0 atom stereocenters. The lowest BCUT2D eigenvalue weighted by molar-refractivity contribution is -0.252. The number of carbonyl (C=O) groups is 2. The Bertz CT molecular complexity index is 753. The summed E-state index contributed by atoms with van der Waals surface area (Å²) in [5, 5.41) is 57.4. The van der Waals surface area contributed by atoms with Gasteiger partial charge in [-0.1, -0.05) is 6.42 Å². The second kappa shape index (κ2) is 8.33. The molecule has 0 saturated heterocycles. The molecule has 2 aromatic heterocycles. The van der Waals surface area contributed by atoms with Gasteiger partial charge in [0.15, 0.2) is 0 Å². The quantitative estimate of drug-likeness (QED) is 0.229. The molecule has 0 amide bonds. The number of aromatic hydroxyl groups is 4. The van der Waals surface area contributed by atoms with Crippen LogP contribution in [0.15, 0.2) is 24.3 Å². The molecule has 0 aromatic carbocycles. The van der Waals surface area contributed by atoms with Crippen LogP contribution in [0.5, 0.6) is 23.5 Å². The summed E-state index contributed by atoms with van der Waals surface area (Å²) < 4.78 is 0.811. The number of nitrogens with zero attached hydrogens (tertiary/aromatic N) is 2. The van der Waals surface area contributed by atoms with Crippen molar-refractivity contribution in [1.82, 2.24) is 9.46 Å². The maximum absolute atomic E-state index is 12.0. The first-order valence-corrected chi connectivity index (χ1v) is 8.20. The summed E-state index contributed by atoms with van der Waals surface area (Å²) in [7, 11) is 0. The van der Waals surface area contributed by atoms with E-state index in [9.17, 15) is 35.1 Å². The third-order valence-corrected chi connectivity index (χ3v) is 3.80. The van der Waals surface area contributed by atoms with Gasteiger partial charge in [0.05, 0.1) is 0 Å². The largest absolute Gasteiger partial charge is 0.492 e. The lowest BCUT2D eigenvalue weighted by Gasteiger charge is -2.30. The molecule has 0 radical (unpaired) electrons. The summed E-state index contributed by atoms with van der Waals surface area (Å²) >= 11 is 0. The van der Waals surface area contributed by atoms with Crippen molar-refractivity contribution >= 4 is 11.9 Å².